The van der Waals surface area contributed by atoms with E-state index < -0.39 is 0 Å². The van der Waals surface area contributed by atoms with Crippen molar-refractivity contribution in [2.75, 3.05) is 35.8 Å². The smallest absolute Gasteiger partial charge is 0.229 e. The Morgan fingerprint density at radius 1 is 1.27 bits per heavy atom. The lowest BCUT2D eigenvalue weighted by atomic mass is 10.1. The molecule has 2 heterocycles. The van der Waals surface area contributed by atoms with Gasteiger partial charge < -0.3 is 19.9 Å². The maximum Gasteiger partial charge on any atom is 0.229 e. The SMILES string of the molecule is COc1cc(C(C)=O)ccc1Nc1ncc2c(n1)N(C1CCCC1)CCC(=O)N2C. The molecule has 4 rings (SSSR count). The Hall–Kier alpha value is -3.16. The number of ketones is 1. The molecule has 0 spiro atoms. The summed E-state index contributed by atoms with van der Waals surface area (Å²) in [6, 6.07) is 5.63. The number of carbonyl (C=O) groups excluding carboxylic acids is 2. The van der Waals surface area contributed by atoms with Crippen LogP contribution in [0.2, 0.25) is 0 Å². The molecule has 0 radical (unpaired) electrons. The minimum Gasteiger partial charge on any atom is -0.495 e. The Bertz CT molecular complexity index is 971. The zero-order valence-electron chi connectivity index (χ0n) is 17.6. The number of benzene rings is 1. The van der Waals surface area contributed by atoms with E-state index in [1.165, 1.54) is 19.8 Å². The largest absolute Gasteiger partial charge is 0.495 e. The standard InChI is InChI=1S/C22H27N5O3/c1-14(28)15-8-9-17(19(12-15)30-3)24-22-23-13-18-21(25-22)27(16-6-4-5-7-16)11-10-20(29)26(18)2/h8-9,12-13,16H,4-7,10-11H2,1-3H3,(H,23,24,25). The molecule has 1 aliphatic heterocycles. The maximum atomic E-state index is 12.5. The van der Waals surface area contributed by atoms with Crippen molar-refractivity contribution < 1.29 is 14.3 Å². The number of hydrogen-bond donors (Lipinski definition) is 1. The quantitative estimate of drug-likeness (QED) is 0.756. The molecule has 1 N–H and O–H groups in total. The highest BCUT2D eigenvalue weighted by molar-refractivity contribution is 5.97. The lowest BCUT2D eigenvalue weighted by Gasteiger charge is -2.30. The molecule has 0 unspecified atom stereocenters. The van der Waals surface area contributed by atoms with Gasteiger partial charge in [0, 0.05) is 31.6 Å². The van der Waals surface area contributed by atoms with Crippen molar-refractivity contribution in [3.63, 3.8) is 0 Å². The molecule has 0 atom stereocenters. The minimum absolute atomic E-state index is 0.0268. The van der Waals surface area contributed by atoms with Crippen molar-refractivity contribution in [3.05, 3.63) is 30.0 Å². The topological polar surface area (TPSA) is 87.7 Å². The molecule has 0 bridgehead atoms. The van der Waals surface area contributed by atoms with E-state index in [2.05, 4.69) is 15.2 Å². The van der Waals surface area contributed by atoms with Gasteiger partial charge in [-0.05, 0) is 38.0 Å². The van der Waals surface area contributed by atoms with E-state index in [0.717, 1.165) is 24.3 Å². The van der Waals surface area contributed by atoms with Crippen molar-refractivity contribution in [1.82, 2.24) is 9.97 Å². The number of methoxy groups -OCH3 is 1. The molecule has 1 aromatic heterocycles. The normalized spacial score (nSPS) is 17.0. The van der Waals surface area contributed by atoms with Crippen molar-refractivity contribution in [2.45, 2.75) is 45.1 Å². The van der Waals surface area contributed by atoms with Crippen LogP contribution in [-0.4, -0.2) is 48.4 Å². The second kappa shape index (κ2) is 8.30. The minimum atomic E-state index is -0.0268. The van der Waals surface area contributed by atoms with Crippen LogP contribution >= 0.6 is 0 Å². The fourth-order valence-corrected chi connectivity index (χ4v) is 4.20. The van der Waals surface area contributed by atoms with Gasteiger partial charge in [-0.2, -0.15) is 4.98 Å². The number of carbonyl (C=O) groups is 2. The third-order valence-corrected chi connectivity index (χ3v) is 5.94. The monoisotopic (exact) mass is 409 g/mol. The van der Waals surface area contributed by atoms with E-state index in [9.17, 15) is 9.59 Å². The lowest BCUT2D eigenvalue weighted by Crippen LogP contribution is -2.34. The van der Waals surface area contributed by atoms with Gasteiger partial charge in [0.05, 0.1) is 19.0 Å². The molecule has 1 aromatic carbocycles. The van der Waals surface area contributed by atoms with E-state index in [4.69, 9.17) is 9.72 Å². The predicted octanol–water partition coefficient (Wildman–Crippen LogP) is 3.55. The first-order chi connectivity index (χ1) is 14.5. The fraction of sp³-hybridized carbons (Fsp3) is 0.455. The molecule has 8 nitrogen and oxygen atoms in total. The molecule has 1 aliphatic carbocycles. The summed E-state index contributed by atoms with van der Waals surface area (Å²) >= 11 is 0. The number of nitrogens with one attached hydrogen (secondary N) is 1. The lowest BCUT2D eigenvalue weighted by molar-refractivity contribution is -0.118. The van der Waals surface area contributed by atoms with E-state index in [1.54, 1.807) is 43.5 Å². The second-order valence-electron chi connectivity index (χ2n) is 7.83. The zero-order chi connectivity index (χ0) is 21.3. The van der Waals surface area contributed by atoms with Crippen LogP contribution in [0.25, 0.3) is 0 Å². The maximum absolute atomic E-state index is 12.5. The van der Waals surface area contributed by atoms with Crippen LogP contribution in [0.1, 0.15) is 49.4 Å². The van der Waals surface area contributed by atoms with Crippen molar-refractivity contribution >= 4 is 34.8 Å². The predicted molar refractivity (Wildman–Crippen MR) is 116 cm³/mol. The van der Waals surface area contributed by atoms with Crippen LogP contribution < -0.4 is 19.9 Å². The Labute approximate surface area is 176 Å². The van der Waals surface area contributed by atoms with Crippen LogP contribution in [0.5, 0.6) is 5.75 Å². The number of aromatic nitrogens is 2. The zero-order valence-corrected chi connectivity index (χ0v) is 17.6. The number of rotatable bonds is 5. The van der Waals surface area contributed by atoms with E-state index in [0.29, 0.717) is 42.0 Å². The third kappa shape index (κ3) is 3.81. The Kier molecular flexibility index (Phi) is 5.57. The van der Waals surface area contributed by atoms with Crippen molar-refractivity contribution in [1.29, 1.82) is 0 Å². The molecule has 0 saturated heterocycles. The van der Waals surface area contributed by atoms with Crippen LogP contribution in [0.15, 0.2) is 24.4 Å². The highest BCUT2D eigenvalue weighted by Gasteiger charge is 2.31. The van der Waals surface area contributed by atoms with Gasteiger partial charge in [0.2, 0.25) is 11.9 Å². The number of anilines is 4. The van der Waals surface area contributed by atoms with Gasteiger partial charge in [0.15, 0.2) is 11.6 Å². The third-order valence-electron chi connectivity index (χ3n) is 5.94. The van der Waals surface area contributed by atoms with E-state index in [-0.39, 0.29) is 11.7 Å². The number of fused-ring (bicyclic) bond motifs is 1. The van der Waals surface area contributed by atoms with Gasteiger partial charge in [-0.1, -0.05) is 12.8 Å². The summed E-state index contributed by atoms with van der Waals surface area (Å²) in [5.41, 5.74) is 1.98. The van der Waals surface area contributed by atoms with Gasteiger partial charge >= 0.3 is 0 Å². The molecule has 8 heteroatoms. The molecule has 2 aromatic rings. The van der Waals surface area contributed by atoms with Gasteiger partial charge in [0.1, 0.15) is 11.4 Å². The molecule has 2 aliphatic rings. The summed E-state index contributed by atoms with van der Waals surface area (Å²) in [5.74, 6) is 1.80. The number of hydrogen-bond acceptors (Lipinski definition) is 7. The fourth-order valence-electron chi connectivity index (χ4n) is 4.20. The van der Waals surface area contributed by atoms with Crippen LogP contribution in [0.3, 0.4) is 0 Å². The van der Waals surface area contributed by atoms with Gasteiger partial charge in [-0.15, -0.1) is 0 Å². The van der Waals surface area contributed by atoms with Gasteiger partial charge in [-0.25, -0.2) is 4.98 Å². The van der Waals surface area contributed by atoms with Crippen LogP contribution in [0, 0.1) is 0 Å². The highest BCUT2D eigenvalue weighted by Crippen LogP contribution is 2.36. The Balaban J connectivity index is 1.70. The molecule has 1 fully saturated rings. The number of nitrogens with zero attached hydrogens (tertiary/aromatic N) is 4. The van der Waals surface area contributed by atoms with Crippen molar-refractivity contribution in [2.24, 2.45) is 0 Å². The molecule has 1 amide bonds. The second-order valence-corrected chi connectivity index (χ2v) is 7.83. The highest BCUT2D eigenvalue weighted by atomic mass is 16.5. The average molecular weight is 409 g/mol. The van der Waals surface area contributed by atoms with Gasteiger partial charge in [-0.3, -0.25) is 9.59 Å². The molecular formula is C22H27N5O3. The summed E-state index contributed by atoms with van der Waals surface area (Å²) in [6.45, 7) is 2.18. The average Bonchev–Trinajstić information content (AvgIpc) is 3.24. The van der Waals surface area contributed by atoms with Gasteiger partial charge in [0.25, 0.3) is 0 Å². The Morgan fingerprint density at radius 2 is 2.03 bits per heavy atom. The molecular weight excluding hydrogens is 382 g/mol. The van der Waals surface area contributed by atoms with Crippen molar-refractivity contribution in [3.8, 4) is 5.75 Å². The van der Waals surface area contributed by atoms with E-state index in [1.807, 2.05) is 0 Å². The van der Waals surface area contributed by atoms with Crippen LogP contribution in [0.4, 0.5) is 23.1 Å². The number of ether oxygens (including phenoxy) is 1. The summed E-state index contributed by atoms with van der Waals surface area (Å²) < 4.78 is 5.44. The number of amides is 1. The molecule has 158 valence electrons. The molecule has 30 heavy (non-hydrogen) atoms. The Morgan fingerprint density at radius 3 is 2.73 bits per heavy atom. The first-order valence-corrected chi connectivity index (χ1v) is 10.3. The first kappa shape index (κ1) is 20.1. The summed E-state index contributed by atoms with van der Waals surface area (Å²) in [5, 5.41) is 3.21. The van der Waals surface area contributed by atoms with Crippen LogP contribution in [-0.2, 0) is 4.79 Å². The summed E-state index contributed by atoms with van der Waals surface area (Å²) in [4.78, 5) is 37.3. The first-order valence-electron chi connectivity index (χ1n) is 10.3. The van der Waals surface area contributed by atoms with E-state index >= 15 is 0 Å². The number of Topliss-reactive ketones (excluding diaryl/α,β-unsaturated/α-hetero) is 1. The molecule has 1 saturated carbocycles. The summed E-state index contributed by atoms with van der Waals surface area (Å²) in [7, 11) is 3.34. The summed E-state index contributed by atoms with van der Waals surface area (Å²) in [6.07, 6.45) is 6.81.